The van der Waals surface area contributed by atoms with E-state index >= 15 is 0 Å². The van der Waals surface area contributed by atoms with Crippen LogP contribution in [0.5, 0.6) is 0 Å². The average molecular weight is 372 g/mol. The molecular formula is C21H25FN2O3. The van der Waals surface area contributed by atoms with Crippen LogP contribution in [-0.2, 0) is 19.8 Å². The Labute approximate surface area is 158 Å². The maximum Gasteiger partial charge on any atom is 0.241 e. The molecule has 2 heterocycles. The van der Waals surface area contributed by atoms with Gasteiger partial charge in [0.15, 0.2) is 0 Å². The molecule has 27 heavy (non-hydrogen) atoms. The minimum Gasteiger partial charge on any atom is -0.343 e. The molecular weight excluding hydrogens is 347 g/mol. The third-order valence-corrected chi connectivity index (χ3v) is 6.33. The maximum atomic E-state index is 13.9. The summed E-state index contributed by atoms with van der Waals surface area (Å²) in [6.45, 7) is 1.37. The van der Waals surface area contributed by atoms with Gasteiger partial charge in [0.2, 0.25) is 17.7 Å². The summed E-state index contributed by atoms with van der Waals surface area (Å²) >= 11 is 0. The van der Waals surface area contributed by atoms with Crippen LogP contribution in [0, 0.1) is 5.82 Å². The van der Waals surface area contributed by atoms with E-state index in [0.29, 0.717) is 18.7 Å². The number of halogens is 1. The van der Waals surface area contributed by atoms with Gasteiger partial charge in [-0.15, -0.1) is 0 Å². The lowest BCUT2D eigenvalue weighted by molar-refractivity contribution is -0.144. The van der Waals surface area contributed by atoms with Gasteiger partial charge in [0.25, 0.3) is 0 Å². The van der Waals surface area contributed by atoms with Crippen molar-refractivity contribution < 1.29 is 18.8 Å². The molecule has 1 atom stereocenters. The molecule has 1 aromatic rings. The number of rotatable bonds is 4. The molecule has 1 aromatic carbocycles. The second-order valence-corrected chi connectivity index (χ2v) is 8.04. The Morgan fingerprint density at radius 1 is 1.11 bits per heavy atom. The summed E-state index contributed by atoms with van der Waals surface area (Å²) in [5.74, 6) is -1.13. The standard InChI is InChI=1S/C21H25FN2O3/c22-16-7-5-6-15(12-16)21(13-18(25)23-10-3-4-11-23)14-19(26)24(20(21)27)17-8-1-2-9-17/h5-7,12,17H,1-4,8-11,13-14H2/t21-/m0/s1. The van der Waals surface area contributed by atoms with E-state index in [9.17, 15) is 18.8 Å². The zero-order valence-corrected chi connectivity index (χ0v) is 15.5. The molecule has 3 amide bonds. The van der Waals surface area contributed by atoms with E-state index in [-0.39, 0.29) is 36.6 Å². The smallest absolute Gasteiger partial charge is 0.241 e. The van der Waals surface area contributed by atoms with E-state index in [4.69, 9.17) is 0 Å². The number of hydrogen-bond donors (Lipinski definition) is 0. The highest BCUT2D eigenvalue weighted by Crippen LogP contribution is 2.43. The van der Waals surface area contributed by atoms with Crippen molar-refractivity contribution in [1.82, 2.24) is 9.80 Å². The van der Waals surface area contributed by atoms with Crippen molar-refractivity contribution >= 4 is 17.7 Å². The molecule has 144 valence electrons. The molecule has 6 heteroatoms. The molecule has 2 aliphatic heterocycles. The molecule has 1 aliphatic carbocycles. The number of benzene rings is 1. The van der Waals surface area contributed by atoms with Crippen LogP contribution in [0.3, 0.4) is 0 Å². The van der Waals surface area contributed by atoms with Gasteiger partial charge in [0, 0.05) is 32.0 Å². The van der Waals surface area contributed by atoms with Crippen LogP contribution in [0.15, 0.2) is 24.3 Å². The highest BCUT2D eigenvalue weighted by molar-refractivity contribution is 6.11. The van der Waals surface area contributed by atoms with Gasteiger partial charge < -0.3 is 4.90 Å². The number of imide groups is 1. The van der Waals surface area contributed by atoms with Crippen LogP contribution in [0.2, 0.25) is 0 Å². The second kappa shape index (κ2) is 7.06. The molecule has 2 saturated heterocycles. The summed E-state index contributed by atoms with van der Waals surface area (Å²) in [7, 11) is 0. The van der Waals surface area contributed by atoms with E-state index in [0.717, 1.165) is 38.5 Å². The summed E-state index contributed by atoms with van der Waals surface area (Å²) in [6.07, 6.45) is 5.44. The van der Waals surface area contributed by atoms with E-state index < -0.39 is 11.2 Å². The van der Waals surface area contributed by atoms with Crippen LogP contribution in [-0.4, -0.2) is 46.7 Å². The molecule has 3 aliphatic rings. The number of amides is 3. The quantitative estimate of drug-likeness (QED) is 0.764. The third kappa shape index (κ3) is 3.15. The number of carbonyl (C=O) groups is 3. The molecule has 0 N–H and O–H groups in total. The molecule has 4 rings (SSSR count). The highest BCUT2D eigenvalue weighted by atomic mass is 19.1. The van der Waals surface area contributed by atoms with Crippen molar-refractivity contribution in [2.75, 3.05) is 13.1 Å². The lowest BCUT2D eigenvalue weighted by Crippen LogP contribution is -2.45. The Kier molecular flexibility index (Phi) is 4.74. The van der Waals surface area contributed by atoms with E-state index in [1.807, 2.05) is 0 Å². The summed E-state index contributed by atoms with van der Waals surface area (Å²) in [4.78, 5) is 42.4. The second-order valence-electron chi connectivity index (χ2n) is 8.04. The van der Waals surface area contributed by atoms with Gasteiger partial charge in [-0.05, 0) is 43.4 Å². The molecule has 0 spiro atoms. The predicted octanol–water partition coefficient (Wildman–Crippen LogP) is 2.78. The van der Waals surface area contributed by atoms with E-state index in [1.165, 1.54) is 17.0 Å². The van der Waals surface area contributed by atoms with Crippen molar-refractivity contribution in [2.45, 2.75) is 62.8 Å². The lowest BCUT2D eigenvalue weighted by Gasteiger charge is -2.30. The molecule has 0 bridgehead atoms. The average Bonchev–Trinajstić information content (AvgIpc) is 3.37. The van der Waals surface area contributed by atoms with Crippen molar-refractivity contribution in [3.05, 3.63) is 35.6 Å². The van der Waals surface area contributed by atoms with Crippen molar-refractivity contribution in [3.8, 4) is 0 Å². The zero-order valence-electron chi connectivity index (χ0n) is 15.5. The zero-order chi connectivity index (χ0) is 19.0. The van der Waals surface area contributed by atoms with Crippen molar-refractivity contribution in [2.24, 2.45) is 0 Å². The molecule has 0 unspecified atom stereocenters. The summed E-state index contributed by atoms with van der Waals surface area (Å²) in [6, 6.07) is 5.75. The Morgan fingerprint density at radius 3 is 2.48 bits per heavy atom. The maximum absolute atomic E-state index is 13.9. The van der Waals surface area contributed by atoms with Crippen LogP contribution >= 0.6 is 0 Å². The van der Waals surface area contributed by atoms with Crippen LogP contribution < -0.4 is 0 Å². The van der Waals surface area contributed by atoms with Gasteiger partial charge >= 0.3 is 0 Å². The Balaban J connectivity index is 1.71. The molecule has 0 aromatic heterocycles. The Bertz CT molecular complexity index is 768. The van der Waals surface area contributed by atoms with Crippen molar-refractivity contribution in [3.63, 3.8) is 0 Å². The van der Waals surface area contributed by atoms with Crippen LogP contribution in [0.25, 0.3) is 0 Å². The topological polar surface area (TPSA) is 57.7 Å². The first-order valence-electron chi connectivity index (χ1n) is 9.91. The van der Waals surface area contributed by atoms with Crippen molar-refractivity contribution in [1.29, 1.82) is 0 Å². The normalized spacial score (nSPS) is 26.4. The first-order chi connectivity index (χ1) is 13.0. The SMILES string of the molecule is O=C(C[C@@]1(c2cccc(F)c2)CC(=O)N(C2CCCC2)C1=O)N1CCCC1. The van der Waals surface area contributed by atoms with E-state index in [1.54, 1.807) is 17.0 Å². The fraction of sp³-hybridized carbons (Fsp3) is 0.571. The van der Waals surface area contributed by atoms with E-state index in [2.05, 4.69) is 0 Å². The van der Waals surface area contributed by atoms with Gasteiger partial charge in [0.05, 0.1) is 5.41 Å². The third-order valence-electron chi connectivity index (χ3n) is 6.33. The monoisotopic (exact) mass is 372 g/mol. The number of hydrogen-bond acceptors (Lipinski definition) is 3. The molecule has 3 fully saturated rings. The number of likely N-dealkylation sites (tertiary alicyclic amines) is 2. The Morgan fingerprint density at radius 2 is 1.81 bits per heavy atom. The number of carbonyl (C=O) groups excluding carboxylic acids is 3. The molecule has 0 radical (unpaired) electrons. The van der Waals surface area contributed by atoms with Gasteiger partial charge in [-0.2, -0.15) is 0 Å². The fourth-order valence-corrected chi connectivity index (χ4v) is 4.88. The minimum atomic E-state index is -1.28. The van der Waals surface area contributed by atoms with Crippen LogP contribution in [0.1, 0.15) is 56.9 Å². The van der Waals surface area contributed by atoms with Gasteiger partial charge in [-0.1, -0.05) is 25.0 Å². The highest BCUT2D eigenvalue weighted by Gasteiger charge is 2.56. The molecule has 1 saturated carbocycles. The lowest BCUT2D eigenvalue weighted by atomic mass is 9.75. The summed E-state index contributed by atoms with van der Waals surface area (Å²) < 4.78 is 13.9. The van der Waals surface area contributed by atoms with Gasteiger partial charge in [-0.3, -0.25) is 19.3 Å². The first kappa shape index (κ1) is 18.1. The number of nitrogens with zero attached hydrogens (tertiary/aromatic N) is 2. The largest absolute Gasteiger partial charge is 0.343 e. The van der Waals surface area contributed by atoms with Gasteiger partial charge in [0.1, 0.15) is 5.82 Å². The minimum absolute atomic E-state index is 0.0502. The summed E-state index contributed by atoms with van der Waals surface area (Å²) in [5.41, 5.74) is -0.838. The fourth-order valence-electron chi connectivity index (χ4n) is 4.88. The van der Waals surface area contributed by atoms with Crippen LogP contribution in [0.4, 0.5) is 4.39 Å². The Hall–Kier alpha value is -2.24. The predicted molar refractivity (Wildman–Crippen MR) is 97.2 cm³/mol. The summed E-state index contributed by atoms with van der Waals surface area (Å²) in [5, 5.41) is 0. The molecule has 5 nitrogen and oxygen atoms in total. The van der Waals surface area contributed by atoms with Gasteiger partial charge in [-0.25, -0.2) is 4.39 Å². The first-order valence-corrected chi connectivity index (χ1v) is 9.91.